The highest BCUT2D eigenvalue weighted by molar-refractivity contribution is 5.77. The second kappa shape index (κ2) is 8.79. The number of hydrogen-bond acceptors (Lipinski definition) is 4. The first kappa shape index (κ1) is 18.4. The van der Waals surface area contributed by atoms with E-state index in [2.05, 4.69) is 28.9 Å². The van der Waals surface area contributed by atoms with Crippen molar-refractivity contribution in [2.75, 3.05) is 52.4 Å². The monoisotopic (exact) mass is 345 g/mol. The summed E-state index contributed by atoms with van der Waals surface area (Å²) in [4.78, 5) is 19.8. The molecule has 0 radical (unpaired) electrons. The quantitative estimate of drug-likeness (QED) is 0.818. The van der Waals surface area contributed by atoms with Gasteiger partial charge in [0, 0.05) is 45.7 Å². The van der Waals surface area contributed by atoms with Crippen LogP contribution in [0.3, 0.4) is 0 Å². The fraction of sp³-hybridized carbons (Fsp3) is 0.650. The zero-order valence-electron chi connectivity index (χ0n) is 15.6. The summed E-state index contributed by atoms with van der Waals surface area (Å²) in [5.74, 6) is 0.252. The van der Waals surface area contributed by atoms with Gasteiger partial charge in [-0.1, -0.05) is 37.3 Å². The van der Waals surface area contributed by atoms with Crippen molar-refractivity contribution >= 4 is 5.91 Å². The van der Waals surface area contributed by atoms with E-state index in [4.69, 9.17) is 4.74 Å². The highest BCUT2D eigenvalue weighted by Crippen LogP contribution is 2.26. The topological polar surface area (TPSA) is 36.0 Å². The Balaban J connectivity index is 1.57. The Labute approximate surface area is 151 Å². The highest BCUT2D eigenvalue weighted by Gasteiger charge is 2.31. The minimum absolute atomic E-state index is 0.0434. The molecular formula is C20H31N3O2. The molecule has 1 amide bonds. The number of benzene rings is 1. The summed E-state index contributed by atoms with van der Waals surface area (Å²) in [6.07, 6.45) is 0.708. The van der Waals surface area contributed by atoms with Crippen LogP contribution < -0.4 is 0 Å². The number of carbonyl (C=O) groups excluding carboxylic acids is 1. The number of piperazine rings is 1. The lowest BCUT2D eigenvalue weighted by molar-refractivity contribution is -0.145. The van der Waals surface area contributed by atoms with Crippen molar-refractivity contribution in [1.82, 2.24) is 14.7 Å². The first-order chi connectivity index (χ1) is 12.2. The van der Waals surface area contributed by atoms with Gasteiger partial charge in [0.1, 0.15) is 0 Å². The number of likely N-dealkylation sites (N-methyl/N-ethyl adjacent to an activating group) is 1. The molecule has 1 aromatic rings. The lowest BCUT2D eigenvalue weighted by atomic mass is 10.0. The Morgan fingerprint density at radius 1 is 1.12 bits per heavy atom. The molecule has 0 bridgehead atoms. The summed E-state index contributed by atoms with van der Waals surface area (Å²) in [6.45, 7) is 11.9. The molecule has 3 rings (SSSR count). The van der Waals surface area contributed by atoms with E-state index in [1.54, 1.807) is 0 Å². The van der Waals surface area contributed by atoms with Gasteiger partial charge in [-0.2, -0.15) is 0 Å². The van der Waals surface area contributed by atoms with Crippen LogP contribution in [0.1, 0.15) is 31.9 Å². The second-order valence-corrected chi connectivity index (χ2v) is 7.14. The maximum absolute atomic E-state index is 12.9. The van der Waals surface area contributed by atoms with Crippen LogP contribution in [0.25, 0.3) is 0 Å². The Morgan fingerprint density at radius 3 is 2.48 bits per heavy atom. The first-order valence-corrected chi connectivity index (χ1v) is 9.58. The number of nitrogens with zero attached hydrogens (tertiary/aromatic N) is 3. The predicted octanol–water partition coefficient (Wildman–Crippen LogP) is 2.00. The fourth-order valence-corrected chi connectivity index (χ4v) is 3.76. The Morgan fingerprint density at radius 2 is 1.80 bits per heavy atom. The molecule has 25 heavy (non-hydrogen) atoms. The van der Waals surface area contributed by atoms with Gasteiger partial charge in [-0.25, -0.2) is 0 Å². The molecule has 0 spiro atoms. The number of hydrogen-bond donors (Lipinski definition) is 0. The van der Waals surface area contributed by atoms with Gasteiger partial charge in [-0.05, 0) is 19.0 Å². The van der Waals surface area contributed by atoms with Crippen LogP contribution in [0, 0.1) is 0 Å². The largest absolute Gasteiger partial charge is 0.374 e. The summed E-state index contributed by atoms with van der Waals surface area (Å²) in [5.41, 5.74) is 1.17. The van der Waals surface area contributed by atoms with Crippen molar-refractivity contribution in [3.05, 3.63) is 35.9 Å². The van der Waals surface area contributed by atoms with Gasteiger partial charge in [0.05, 0.1) is 18.8 Å². The zero-order chi connectivity index (χ0) is 17.6. The highest BCUT2D eigenvalue weighted by atomic mass is 16.5. The van der Waals surface area contributed by atoms with Crippen LogP contribution in [-0.4, -0.2) is 79.1 Å². The molecule has 2 fully saturated rings. The third-order valence-corrected chi connectivity index (χ3v) is 5.43. The van der Waals surface area contributed by atoms with Crippen molar-refractivity contribution in [2.24, 2.45) is 0 Å². The van der Waals surface area contributed by atoms with Gasteiger partial charge in [-0.15, -0.1) is 0 Å². The van der Waals surface area contributed by atoms with Gasteiger partial charge in [0.15, 0.2) is 0 Å². The van der Waals surface area contributed by atoms with Crippen LogP contribution in [-0.2, 0) is 9.53 Å². The molecule has 0 aromatic heterocycles. The standard InChI is InChI=1S/C20H31N3O2/c1-3-21-11-13-22(14-12-21)10-9-20(24)23-15-17(2)25-16-19(23)18-7-5-4-6-8-18/h4-8,17,19H,3,9-16H2,1-2H3/t17-,19-/m0/s1. The molecule has 0 N–H and O–H groups in total. The number of amides is 1. The third-order valence-electron chi connectivity index (χ3n) is 5.43. The van der Waals surface area contributed by atoms with E-state index in [0.717, 1.165) is 39.3 Å². The zero-order valence-corrected chi connectivity index (χ0v) is 15.6. The molecule has 138 valence electrons. The minimum Gasteiger partial charge on any atom is -0.374 e. The molecule has 1 aromatic carbocycles. The summed E-state index contributed by atoms with van der Waals surface area (Å²) in [5, 5.41) is 0. The van der Waals surface area contributed by atoms with Gasteiger partial charge < -0.3 is 19.4 Å². The lowest BCUT2D eigenvalue weighted by Crippen LogP contribution is -2.49. The SMILES string of the molecule is CCN1CCN(CCC(=O)N2C[C@H](C)OC[C@H]2c2ccccc2)CC1. The van der Waals surface area contributed by atoms with E-state index >= 15 is 0 Å². The van der Waals surface area contributed by atoms with Gasteiger partial charge in [0.2, 0.25) is 5.91 Å². The molecule has 2 saturated heterocycles. The van der Waals surface area contributed by atoms with E-state index in [1.807, 2.05) is 30.0 Å². The Kier molecular flexibility index (Phi) is 6.45. The summed E-state index contributed by atoms with van der Waals surface area (Å²) < 4.78 is 5.83. The van der Waals surface area contributed by atoms with E-state index in [9.17, 15) is 4.79 Å². The average Bonchev–Trinajstić information content (AvgIpc) is 2.67. The number of rotatable bonds is 5. The number of ether oxygens (including phenoxy) is 1. The molecule has 5 heteroatoms. The summed E-state index contributed by atoms with van der Waals surface area (Å²) >= 11 is 0. The van der Waals surface area contributed by atoms with Crippen LogP contribution in [0.15, 0.2) is 30.3 Å². The van der Waals surface area contributed by atoms with E-state index in [1.165, 1.54) is 5.56 Å². The predicted molar refractivity (Wildman–Crippen MR) is 99.5 cm³/mol. The van der Waals surface area contributed by atoms with Crippen LogP contribution in [0.5, 0.6) is 0 Å². The van der Waals surface area contributed by atoms with E-state index < -0.39 is 0 Å². The van der Waals surface area contributed by atoms with Gasteiger partial charge in [0.25, 0.3) is 0 Å². The summed E-state index contributed by atoms with van der Waals surface area (Å²) in [7, 11) is 0. The molecule has 2 heterocycles. The van der Waals surface area contributed by atoms with Crippen molar-refractivity contribution in [3.63, 3.8) is 0 Å². The smallest absolute Gasteiger partial charge is 0.224 e. The molecule has 2 atom stereocenters. The lowest BCUT2D eigenvalue weighted by Gasteiger charge is -2.40. The first-order valence-electron chi connectivity index (χ1n) is 9.58. The van der Waals surface area contributed by atoms with Gasteiger partial charge >= 0.3 is 0 Å². The minimum atomic E-state index is 0.0434. The Hall–Kier alpha value is -1.43. The van der Waals surface area contributed by atoms with E-state index in [0.29, 0.717) is 19.6 Å². The van der Waals surface area contributed by atoms with Crippen molar-refractivity contribution < 1.29 is 9.53 Å². The normalized spacial score (nSPS) is 25.9. The fourth-order valence-electron chi connectivity index (χ4n) is 3.76. The maximum Gasteiger partial charge on any atom is 0.224 e. The summed E-state index contributed by atoms with van der Waals surface area (Å²) in [6, 6.07) is 10.3. The van der Waals surface area contributed by atoms with Crippen LogP contribution in [0.2, 0.25) is 0 Å². The van der Waals surface area contributed by atoms with E-state index in [-0.39, 0.29) is 18.1 Å². The maximum atomic E-state index is 12.9. The molecule has 2 aliphatic rings. The molecule has 2 aliphatic heterocycles. The number of carbonyl (C=O) groups is 1. The van der Waals surface area contributed by atoms with Crippen LogP contribution in [0.4, 0.5) is 0 Å². The van der Waals surface area contributed by atoms with Crippen LogP contribution >= 0.6 is 0 Å². The van der Waals surface area contributed by atoms with Crippen molar-refractivity contribution in [2.45, 2.75) is 32.4 Å². The second-order valence-electron chi connectivity index (χ2n) is 7.14. The molecule has 0 unspecified atom stereocenters. The van der Waals surface area contributed by atoms with Crippen molar-refractivity contribution in [1.29, 1.82) is 0 Å². The van der Waals surface area contributed by atoms with Gasteiger partial charge in [-0.3, -0.25) is 4.79 Å². The number of morpholine rings is 1. The Bertz CT molecular complexity index is 543. The molecule has 0 saturated carbocycles. The molecule has 5 nitrogen and oxygen atoms in total. The third kappa shape index (κ3) is 4.81. The molecule has 0 aliphatic carbocycles. The molecular weight excluding hydrogens is 314 g/mol. The van der Waals surface area contributed by atoms with Crippen molar-refractivity contribution in [3.8, 4) is 0 Å². The average molecular weight is 345 g/mol.